The molecule has 1 aromatic carbocycles. The van der Waals surface area contributed by atoms with Gasteiger partial charge in [-0.1, -0.05) is 19.3 Å². The molecule has 6 heteroatoms. The van der Waals surface area contributed by atoms with E-state index in [1.54, 1.807) is 31.3 Å². The summed E-state index contributed by atoms with van der Waals surface area (Å²) in [6.45, 7) is 3.63. The number of pyridine rings is 1. The van der Waals surface area contributed by atoms with Crippen LogP contribution in [0.25, 0.3) is 11.0 Å². The van der Waals surface area contributed by atoms with Crippen LogP contribution in [0.15, 0.2) is 35.3 Å². The van der Waals surface area contributed by atoms with E-state index in [9.17, 15) is 9.18 Å². The molecule has 0 amide bonds. The van der Waals surface area contributed by atoms with Gasteiger partial charge in [-0.15, -0.1) is 0 Å². The van der Waals surface area contributed by atoms with Crippen LogP contribution >= 0.6 is 0 Å². The molecular weight excluding hydrogens is 343 g/mol. The van der Waals surface area contributed by atoms with Gasteiger partial charge < -0.3 is 5.32 Å². The Morgan fingerprint density at radius 3 is 2.63 bits per heavy atom. The smallest absolute Gasteiger partial charge is 0.252 e. The molecule has 0 unspecified atom stereocenters. The number of anilines is 2. The van der Waals surface area contributed by atoms with Crippen molar-refractivity contribution in [3.8, 4) is 0 Å². The zero-order valence-electron chi connectivity index (χ0n) is 15.6. The number of aromatic nitrogens is 3. The number of nitrogens with zero attached hydrogens (tertiary/aromatic N) is 3. The number of benzene rings is 1. The molecule has 140 valence electrons. The number of hydrogen-bond donors (Lipinski definition) is 1. The van der Waals surface area contributed by atoms with Gasteiger partial charge in [0.1, 0.15) is 11.5 Å². The van der Waals surface area contributed by atoms with Crippen molar-refractivity contribution in [1.29, 1.82) is 0 Å². The van der Waals surface area contributed by atoms with Gasteiger partial charge in [0, 0.05) is 29.4 Å². The van der Waals surface area contributed by atoms with Gasteiger partial charge in [-0.3, -0.25) is 9.36 Å². The van der Waals surface area contributed by atoms with E-state index in [-0.39, 0.29) is 17.4 Å². The predicted molar refractivity (Wildman–Crippen MR) is 105 cm³/mol. The third kappa shape index (κ3) is 3.44. The highest BCUT2D eigenvalue weighted by Crippen LogP contribution is 2.30. The summed E-state index contributed by atoms with van der Waals surface area (Å²) in [6.07, 6.45) is 7.26. The first kappa shape index (κ1) is 17.6. The molecular formula is C21H23FN4O. The Kier molecular flexibility index (Phi) is 4.64. The van der Waals surface area contributed by atoms with Gasteiger partial charge >= 0.3 is 0 Å². The van der Waals surface area contributed by atoms with Gasteiger partial charge in [-0.05, 0) is 56.0 Å². The molecule has 1 fully saturated rings. The van der Waals surface area contributed by atoms with Crippen LogP contribution in [-0.2, 0) is 0 Å². The Balaban J connectivity index is 1.79. The number of halogens is 1. The van der Waals surface area contributed by atoms with Crippen molar-refractivity contribution in [2.75, 3.05) is 5.32 Å². The average molecular weight is 366 g/mol. The van der Waals surface area contributed by atoms with Gasteiger partial charge in [0.15, 0.2) is 0 Å². The maximum Gasteiger partial charge on any atom is 0.252 e. The Morgan fingerprint density at radius 2 is 1.89 bits per heavy atom. The topological polar surface area (TPSA) is 59.8 Å². The minimum Gasteiger partial charge on any atom is -0.324 e. The summed E-state index contributed by atoms with van der Waals surface area (Å²) in [5, 5.41) is 4.02. The normalized spacial score (nSPS) is 15.2. The molecule has 1 N–H and O–H groups in total. The number of hydrogen-bond acceptors (Lipinski definition) is 4. The van der Waals surface area contributed by atoms with Crippen molar-refractivity contribution in [1.82, 2.24) is 14.5 Å². The summed E-state index contributed by atoms with van der Waals surface area (Å²) < 4.78 is 15.3. The highest BCUT2D eigenvalue weighted by Gasteiger charge is 2.20. The van der Waals surface area contributed by atoms with Crippen molar-refractivity contribution in [3.63, 3.8) is 0 Å². The SMILES string of the molecule is Cc1cc(Nc2ncc3c(C)cc(=O)n(C4CCCCC4)c3n2)ccc1F. The van der Waals surface area contributed by atoms with Crippen molar-refractivity contribution in [2.24, 2.45) is 0 Å². The minimum atomic E-state index is -0.248. The van der Waals surface area contributed by atoms with Crippen molar-refractivity contribution < 1.29 is 4.39 Å². The lowest BCUT2D eigenvalue weighted by atomic mass is 9.95. The lowest BCUT2D eigenvalue weighted by molar-refractivity contribution is 0.353. The summed E-state index contributed by atoms with van der Waals surface area (Å²) in [4.78, 5) is 21.8. The van der Waals surface area contributed by atoms with Crippen LogP contribution in [0.4, 0.5) is 16.0 Å². The quantitative estimate of drug-likeness (QED) is 0.724. The molecule has 0 bridgehead atoms. The average Bonchev–Trinajstić information content (AvgIpc) is 2.65. The van der Waals surface area contributed by atoms with Gasteiger partial charge in [0.2, 0.25) is 5.95 Å². The molecule has 27 heavy (non-hydrogen) atoms. The summed E-state index contributed by atoms with van der Waals surface area (Å²) in [5.74, 6) is 0.157. The van der Waals surface area contributed by atoms with Gasteiger partial charge in [0.25, 0.3) is 5.56 Å². The molecule has 5 nitrogen and oxygen atoms in total. The molecule has 0 saturated heterocycles. The zero-order chi connectivity index (χ0) is 19.0. The molecule has 2 aromatic heterocycles. The molecule has 2 heterocycles. The van der Waals surface area contributed by atoms with Crippen molar-refractivity contribution >= 4 is 22.7 Å². The summed E-state index contributed by atoms with van der Waals surface area (Å²) in [7, 11) is 0. The fourth-order valence-electron chi connectivity index (χ4n) is 3.88. The first-order valence-electron chi connectivity index (χ1n) is 9.45. The zero-order valence-corrected chi connectivity index (χ0v) is 15.6. The highest BCUT2D eigenvalue weighted by molar-refractivity contribution is 5.79. The standard InChI is InChI=1S/C21H23FN4O/c1-13-11-19(27)26(16-6-4-3-5-7-16)20-17(13)12-23-21(25-20)24-15-8-9-18(22)14(2)10-15/h8-12,16H,3-7H2,1-2H3,(H,23,24,25). The molecule has 1 aliphatic rings. The monoisotopic (exact) mass is 366 g/mol. The molecule has 0 aliphatic heterocycles. The van der Waals surface area contributed by atoms with E-state index >= 15 is 0 Å². The van der Waals surface area contributed by atoms with E-state index < -0.39 is 0 Å². The summed E-state index contributed by atoms with van der Waals surface area (Å²) in [5.41, 5.74) is 2.81. The number of rotatable bonds is 3. The number of nitrogens with one attached hydrogen (secondary N) is 1. The van der Waals surface area contributed by atoms with Crippen LogP contribution in [0.5, 0.6) is 0 Å². The van der Waals surface area contributed by atoms with E-state index in [4.69, 9.17) is 0 Å². The van der Waals surface area contributed by atoms with Crippen LogP contribution in [0.3, 0.4) is 0 Å². The van der Waals surface area contributed by atoms with Crippen LogP contribution < -0.4 is 10.9 Å². The molecule has 1 saturated carbocycles. The lowest BCUT2D eigenvalue weighted by Crippen LogP contribution is -2.27. The second-order valence-corrected chi connectivity index (χ2v) is 7.35. The highest BCUT2D eigenvalue weighted by atomic mass is 19.1. The van der Waals surface area contributed by atoms with E-state index in [0.717, 1.165) is 36.6 Å². The lowest BCUT2D eigenvalue weighted by Gasteiger charge is -2.25. The molecule has 4 rings (SSSR count). The fourth-order valence-corrected chi connectivity index (χ4v) is 3.88. The molecule has 3 aromatic rings. The minimum absolute atomic E-state index is 0.00539. The maximum absolute atomic E-state index is 13.5. The molecule has 0 spiro atoms. The Bertz CT molecular complexity index is 1050. The van der Waals surface area contributed by atoms with Gasteiger partial charge in [-0.2, -0.15) is 4.98 Å². The third-order valence-corrected chi connectivity index (χ3v) is 5.35. The van der Waals surface area contributed by atoms with Crippen molar-refractivity contribution in [3.05, 3.63) is 57.8 Å². The largest absolute Gasteiger partial charge is 0.324 e. The number of aryl methyl sites for hydroxylation is 2. The molecule has 0 radical (unpaired) electrons. The third-order valence-electron chi connectivity index (χ3n) is 5.35. The van der Waals surface area contributed by atoms with Crippen LogP contribution in [0.1, 0.15) is 49.3 Å². The number of fused-ring (bicyclic) bond motifs is 1. The second kappa shape index (κ2) is 7.10. The molecule has 0 atom stereocenters. The van der Waals surface area contributed by atoms with E-state index in [1.807, 2.05) is 11.5 Å². The Labute approximate surface area is 157 Å². The van der Waals surface area contributed by atoms with E-state index in [0.29, 0.717) is 22.8 Å². The van der Waals surface area contributed by atoms with Gasteiger partial charge in [-0.25, -0.2) is 9.37 Å². The van der Waals surface area contributed by atoms with E-state index in [1.165, 1.54) is 12.5 Å². The van der Waals surface area contributed by atoms with Crippen molar-refractivity contribution in [2.45, 2.75) is 52.0 Å². The summed E-state index contributed by atoms with van der Waals surface area (Å²) >= 11 is 0. The predicted octanol–water partition coefficient (Wildman–Crippen LogP) is 4.80. The van der Waals surface area contributed by atoms with Crippen LogP contribution in [-0.4, -0.2) is 14.5 Å². The summed E-state index contributed by atoms with van der Waals surface area (Å²) in [6, 6.07) is 6.65. The fraction of sp³-hybridized carbons (Fsp3) is 0.381. The van der Waals surface area contributed by atoms with E-state index in [2.05, 4.69) is 15.3 Å². The Morgan fingerprint density at radius 1 is 1.11 bits per heavy atom. The Hall–Kier alpha value is -2.76. The maximum atomic E-state index is 13.5. The first-order chi connectivity index (χ1) is 13.0. The second-order valence-electron chi connectivity index (χ2n) is 7.35. The first-order valence-corrected chi connectivity index (χ1v) is 9.45. The van der Waals surface area contributed by atoms with Crippen LogP contribution in [0.2, 0.25) is 0 Å². The van der Waals surface area contributed by atoms with Crippen LogP contribution in [0, 0.1) is 19.7 Å². The molecule has 1 aliphatic carbocycles. The van der Waals surface area contributed by atoms with Gasteiger partial charge in [0.05, 0.1) is 0 Å².